The number of rotatable bonds is 5. The van der Waals surface area contributed by atoms with Crippen LogP contribution in [0.3, 0.4) is 0 Å². The van der Waals surface area contributed by atoms with Gasteiger partial charge in [-0.3, -0.25) is 9.48 Å². The topological polar surface area (TPSA) is 84.7 Å². The van der Waals surface area contributed by atoms with Crippen molar-refractivity contribution in [3.8, 4) is 0 Å². The Hall–Kier alpha value is -2.44. The van der Waals surface area contributed by atoms with Crippen LogP contribution in [0, 0.1) is 13.8 Å². The molecule has 2 aromatic rings. The molecule has 2 aromatic heterocycles. The summed E-state index contributed by atoms with van der Waals surface area (Å²) in [6.07, 6.45) is 2.99. The third kappa shape index (κ3) is 3.23. The first kappa shape index (κ1) is 16.1. The number of hydrogen-bond donors (Lipinski definition) is 2. The zero-order chi connectivity index (χ0) is 17.6. The van der Waals surface area contributed by atoms with Gasteiger partial charge in [0.05, 0.1) is 12.2 Å². The Kier molecular flexibility index (Phi) is 3.94. The maximum absolute atomic E-state index is 12.2. The van der Waals surface area contributed by atoms with Crippen LogP contribution in [-0.2, 0) is 13.0 Å². The number of carbonyl (C=O) groups is 1. The van der Waals surface area contributed by atoms with Crippen molar-refractivity contribution >= 4 is 11.7 Å². The van der Waals surface area contributed by atoms with E-state index >= 15 is 0 Å². The second kappa shape index (κ2) is 6.13. The van der Waals surface area contributed by atoms with Crippen molar-refractivity contribution < 1.29 is 4.79 Å². The molecule has 1 saturated carbocycles. The van der Waals surface area contributed by atoms with Gasteiger partial charge >= 0.3 is 0 Å². The minimum atomic E-state index is -0.0835. The van der Waals surface area contributed by atoms with Crippen LogP contribution in [-0.4, -0.2) is 38.2 Å². The molecule has 0 radical (unpaired) electrons. The van der Waals surface area contributed by atoms with Gasteiger partial charge in [-0.15, -0.1) is 0 Å². The molecule has 7 heteroatoms. The van der Waals surface area contributed by atoms with E-state index in [2.05, 4.69) is 40.6 Å². The van der Waals surface area contributed by atoms with Gasteiger partial charge in [-0.2, -0.15) is 5.10 Å². The number of amides is 1. The number of aryl methyl sites for hydroxylation is 2. The molecule has 0 saturated heterocycles. The highest BCUT2D eigenvalue weighted by Crippen LogP contribution is 2.39. The van der Waals surface area contributed by atoms with E-state index in [1.54, 1.807) is 0 Å². The monoisotopic (exact) mass is 340 g/mol. The van der Waals surface area contributed by atoms with Crippen molar-refractivity contribution in [2.45, 2.75) is 58.5 Å². The van der Waals surface area contributed by atoms with E-state index in [-0.39, 0.29) is 11.9 Å². The van der Waals surface area contributed by atoms with Crippen molar-refractivity contribution in [2.75, 3.05) is 11.9 Å². The van der Waals surface area contributed by atoms with Gasteiger partial charge < -0.3 is 10.6 Å². The van der Waals surface area contributed by atoms with Gasteiger partial charge in [-0.25, -0.2) is 9.97 Å². The maximum Gasteiger partial charge on any atom is 0.270 e. The van der Waals surface area contributed by atoms with E-state index in [0.717, 1.165) is 54.4 Å². The number of aromatic nitrogens is 4. The average molecular weight is 340 g/mol. The average Bonchev–Trinajstić information content (AvgIpc) is 3.35. The molecular weight excluding hydrogens is 316 g/mol. The molecule has 0 aromatic carbocycles. The number of carbonyl (C=O) groups excluding carboxylic acids is 1. The summed E-state index contributed by atoms with van der Waals surface area (Å²) in [5.41, 5.74) is 3.66. The summed E-state index contributed by atoms with van der Waals surface area (Å²) < 4.78 is 2.01. The zero-order valence-corrected chi connectivity index (χ0v) is 15.0. The van der Waals surface area contributed by atoms with Crippen LogP contribution in [0.2, 0.25) is 0 Å². The normalized spacial score (nSPS) is 17.8. The quantitative estimate of drug-likeness (QED) is 0.869. The van der Waals surface area contributed by atoms with E-state index in [1.165, 1.54) is 0 Å². The molecule has 0 bridgehead atoms. The summed E-state index contributed by atoms with van der Waals surface area (Å²) in [5, 5.41) is 10.9. The lowest BCUT2D eigenvalue weighted by Crippen LogP contribution is -2.35. The first-order valence-corrected chi connectivity index (χ1v) is 8.98. The first-order valence-electron chi connectivity index (χ1n) is 8.98. The lowest BCUT2D eigenvalue weighted by Gasteiger charge is -2.23. The van der Waals surface area contributed by atoms with Crippen molar-refractivity contribution in [3.05, 3.63) is 34.5 Å². The Bertz CT molecular complexity index is 823. The molecule has 1 aliphatic heterocycles. The van der Waals surface area contributed by atoms with E-state index in [0.29, 0.717) is 18.2 Å². The fourth-order valence-electron chi connectivity index (χ4n) is 3.35. The Labute approximate surface area is 147 Å². The van der Waals surface area contributed by atoms with E-state index < -0.39 is 0 Å². The van der Waals surface area contributed by atoms with E-state index in [4.69, 9.17) is 4.98 Å². The van der Waals surface area contributed by atoms with Gasteiger partial charge in [0.2, 0.25) is 0 Å². The third-order valence-corrected chi connectivity index (χ3v) is 4.78. The van der Waals surface area contributed by atoms with Gasteiger partial charge in [-0.05, 0) is 46.1 Å². The largest absolute Gasteiger partial charge is 0.365 e. The number of nitrogens with zero attached hydrogens (tertiary/aromatic N) is 4. The van der Waals surface area contributed by atoms with Gasteiger partial charge in [0.1, 0.15) is 17.3 Å². The highest BCUT2D eigenvalue weighted by molar-refractivity contribution is 5.96. The summed E-state index contributed by atoms with van der Waals surface area (Å²) in [4.78, 5) is 21.5. The molecule has 1 aliphatic carbocycles. The standard InChI is InChI=1S/C18H24N6O/c1-10-8-12(3)24(23-10)9-11(2)20-17-14-6-7-19-18(25)15(14)21-16(22-17)13-4-5-13/h8,11,13H,4-7,9H2,1-3H3,(H,19,25)(H,20,21,22). The second-order valence-corrected chi connectivity index (χ2v) is 7.19. The van der Waals surface area contributed by atoms with Gasteiger partial charge in [0.15, 0.2) is 0 Å². The molecule has 2 aliphatic rings. The molecule has 1 unspecified atom stereocenters. The first-order chi connectivity index (χ1) is 12.0. The Morgan fingerprint density at radius 2 is 2.16 bits per heavy atom. The van der Waals surface area contributed by atoms with Crippen LogP contribution < -0.4 is 10.6 Å². The highest BCUT2D eigenvalue weighted by atomic mass is 16.1. The molecule has 0 spiro atoms. The minimum absolute atomic E-state index is 0.0835. The van der Waals surface area contributed by atoms with Crippen LogP contribution in [0.1, 0.15) is 58.9 Å². The molecule has 4 rings (SSSR count). The maximum atomic E-state index is 12.2. The lowest BCUT2D eigenvalue weighted by molar-refractivity contribution is 0.0940. The summed E-state index contributed by atoms with van der Waals surface area (Å²) in [6.45, 7) is 7.57. The molecule has 1 atom stereocenters. The van der Waals surface area contributed by atoms with Crippen LogP contribution >= 0.6 is 0 Å². The molecule has 132 valence electrons. The SMILES string of the molecule is Cc1cc(C)n(CC(C)Nc2nc(C3CC3)nc3c2CCNC3=O)n1. The molecule has 25 heavy (non-hydrogen) atoms. The predicted octanol–water partition coefficient (Wildman–Crippen LogP) is 1.95. The van der Waals surface area contributed by atoms with Crippen LogP contribution in [0.25, 0.3) is 0 Å². The van der Waals surface area contributed by atoms with Crippen LogP contribution in [0.15, 0.2) is 6.07 Å². The molecular formula is C18H24N6O. The smallest absolute Gasteiger partial charge is 0.270 e. The van der Waals surface area contributed by atoms with Crippen molar-refractivity contribution in [2.24, 2.45) is 0 Å². The molecule has 3 heterocycles. The lowest BCUT2D eigenvalue weighted by atomic mass is 10.1. The van der Waals surface area contributed by atoms with Crippen molar-refractivity contribution in [3.63, 3.8) is 0 Å². The summed E-state index contributed by atoms with van der Waals surface area (Å²) in [7, 11) is 0. The Morgan fingerprint density at radius 3 is 2.84 bits per heavy atom. The Balaban J connectivity index is 1.60. The predicted molar refractivity (Wildman–Crippen MR) is 94.8 cm³/mol. The summed E-state index contributed by atoms with van der Waals surface area (Å²) >= 11 is 0. The van der Waals surface area contributed by atoms with Gasteiger partial charge in [0, 0.05) is 29.8 Å². The highest BCUT2D eigenvalue weighted by Gasteiger charge is 2.31. The number of hydrogen-bond acceptors (Lipinski definition) is 5. The fourth-order valence-corrected chi connectivity index (χ4v) is 3.35. The van der Waals surface area contributed by atoms with E-state index in [9.17, 15) is 4.79 Å². The molecule has 7 nitrogen and oxygen atoms in total. The third-order valence-electron chi connectivity index (χ3n) is 4.78. The van der Waals surface area contributed by atoms with Gasteiger partial charge in [-0.1, -0.05) is 0 Å². The van der Waals surface area contributed by atoms with E-state index in [1.807, 2.05) is 11.6 Å². The second-order valence-electron chi connectivity index (χ2n) is 7.19. The summed E-state index contributed by atoms with van der Waals surface area (Å²) in [6, 6.07) is 2.23. The van der Waals surface area contributed by atoms with Crippen molar-refractivity contribution in [1.29, 1.82) is 0 Å². The number of fused-ring (bicyclic) bond motifs is 1. The number of nitrogens with one attached hydrogen (secondary N) is 2. The van der Waals surface area contributed by atoms with Gasteiger partial charge in [0.25, 0.3) is 5.91 Å². The fraction of sp³-hybridized carbons (Fsp3) is 0.556. The minimum Gasteiger partial charge on any atom is -0.365 e. The molecule has 2 N–H and O–H groups in total. The van der Waals surface area contributed by atoms with Crippen LogP contribution in [0.4, 0.5) is 5.82 Å². The Morgan fingerprint density at radius 1 is 1.36 bits per heavy atom. The number of anilines is 1. The van der Waals surface area contributed by atoms with Crippen LogP contribution in [0.5, 0.6) is 0 Å². The molecule has 1 amide bonds. The zero-order valence-electron chi connectivity index (χ0n) is 15.0. The van der Waals surface area contributed by atoms with Crippen molar-refractivity contribution in [1.82, 2.24) is 25.1 Å². The summed E-state index contributed by atoms with van der Waals surface area (Å²) in [5.74, 6) is 1.94. The molecule has 1 fully saturated rings.